The van der Waals surface area contributed by atoms with Crippen molar-refractivity contribution in [3.63, 3.8) is 0 Å². The van der Waals surface area contributed by atoms with Gasteiger partial charge in [0.1, 0.15) is 11.6 Å². The number of aliphatic carboxylic acids is 1. The Kier molecular flexibility index (Phi) is 7.68. The number of aromatic nitrogens is 2. The summed E-state index contributed by atoms with van der Waals surface area (Å²) in [6, 6.07) is 9.35. The lowest BCUT2D eigenvalue weighted by molar-refractivity contribution is -0.307. The van der Waals surface area contributed by atoms with Crippen LogP contribution in [-0.4, -0.2) is 37.9 Å². The number of alkyl halides is 3. The van der Waals surface area contributed by atoms with Crippen molar-refractivity contribution in [1.29, 1.82) is 0 Å². The molecule has 34 heavy (non-hydrogen) atoms. The smallest absolute Gasteiger partial charge is 0.449 e. The van der Waals surface area contributed by atoms with Crippen LogP contribution in [0.1, 0.15) is 25.1 Å². The molecule has 2 N–H and O–H groups in total. The molecule has 2 aromatic carbocycles. The number of carbonyl (C=O) groups is 1. The zero-order valence-corrected chi connectivity index (χ0v) is 17.6. The lowest BCUT2D eigenvalue weighted by Gasteiger charge is -2.19. The Morgan fingerprint density at radius 1 is 0.941 bits per heavy atom. The maximum Gasteiger partial charge on any atom is 0.449 e. The van der Waals surface area contributed by atoms with Gasteiger partial charge in [-0.1, -0.05) is 0 Å². The summed E-state index contributed by atoms with van der Waals surface area (Å²) >= 11 is 0. The topological polar surface area (TPSA) is 98.4 Å². The van der Waals surface area contributed by atoms with Crippen LogP contribution in [-0.2, 0) is 17.5 Å². The third-order valence-corrected chi connectivity index (χ3v) is 5.09. The van der Waals surface area contributed by atoms with Crippen LogP contribution in [0.5, 0.6) is 0 Å². The van der Waals surface area contributed by atoms with Gasteiger partial charge in [-0.05, 0) is 61.4 Å². The largest absolute Gasteiger partial charge is 0.550 e. The fourth-order valence-corrected chi connectivity index (χ4v) is 3.58. The van der Waals surface area contributed by atoms with Gasteiger partial charge in [-0.15, -0.1) is 0 Å². The summed E-state index contributed by atoms with van der Waals surface area (Å²) in [5.74, 6) is -4.02. The third-order valence-electron chi connectivity index (χ3n) is 5.09. The molecule has 0 saturated heterocycles. The number of aliphatic hydroxyl groups is 2. The number of carboxylic acids is 1. The lowest BCUT2D eigenvalue weighted by Crippen LogP contribution is -2.30. The van der Waals surface area contributed by atoms with Gasteiger partial charge in [0.15, 0.2) is 0 Å². The number of carboxylic acid groups (broad SMARTS) is 1. The molecular weight excluding hydrogens is 463 g/mol. The first-order valence-electron chi connectivity index (χ1n) is 10.2. The van der Waals surface area contributed by atoms with Crippen LogP contribution in [0.3, 0.4) is 0 Å². The summed E-state index contributed by atoms with van der Waals surface area (Å²) in [5, 5.41) is 30.4. The first-order chi connectivity index (χ1) is 16.0. The van der Waals surface area contributed by atoms with Crippen molar-refractivity contribution in [3.05, 3.63) is 66.0 Å². The fraction of sp³-hybridized carbons (Fsp3) is 0.304. The Morgan fingerprint density at radius 3 is 1.97 bits per heavy atom. The van der Waals surface area contributed by atoms with Gasteiger partial charge < -0.3 is 24.7 Å². The predicted octanol–water partition coefficient (Wildman–Crippen LogP) is 3.16. The van der Waals surface area contributed by atoms with Crippen molar-refractivity contribution in [3.8, 4) is 22.5 Å². The molecule has 0 unspecified atom stereocenters. The van der Waals surface area contributed by atoms with E-state index in [0.717, 1.165) is 28.8 Å². The second-order valence-electron chi connectivity index (χ2n) is 7.70. The van der Waals surface area contributed by atoms with E-state index in [0.29, 0.717) is 0 Å². The van der Waals surface area contributed by atoms with E-state index in [1.807, 2.05) is 0 Å². The minimum atomic E-state index is -4.90. The van der Waals surface area contributed by atoms with Gasteiger partial charge in [-0.3, -0.25) is 0 Å². The van der Waals surface area contributed by atoms with Crippen LogP contribution < -0.4 is 5.11 Å². The van der Waals surface area contributed by atoms with E-state index < -0.39 is 54.8 Å². The van der Waals surface area contributed by atoms with Gasteiger partial charge in [-0.25, -0.2) is 13.8 Å². The molecule has 0 aliphatic rings. The molecule has 6 nitrogen and oxygen atoms in total. The van der Waals surface area contributed by atoms with E-state index in [-0.39, 0.29) is 35.4 Å². The van der Waals surface area contributed by atoms with Crippen molar-refractivity contribution >= 4 is 5.97 Å². The maximum absolute atomic E-state index is 13.9. The first kappa shape index (κ1) is 25.3. The maximum atomic E-state index is 13.9. The number of halogens is 5. The van der Waals surface area contributed by atoms with Crippen LogP contribution in [0.2, 0.25) is 0 Å². The normalized spacial score (nSPS) is 13.6. The molecule has 1 heterocycles. The molecule has 0 bridgehead atoms. The molecule has 3 aromatic rings. The van der Waals surface area contributed by atoms with Gasteiger partial charge in [0.05, 0.1) is 23.6 Å². The second-order valence-corrected chi connectivity index (χ2v) is 7.70. The van der Waals surface area contributed by atoms with Crippen molar-refractivity contribution in [1.82, 2.24) is 9.55 Å². The Bertz CT molecular complexity index is 1130. The van der Waals surface area contributed by atoms with Crippen LogP contribution in [0, 0.1) is 11.6 Å². The summed E-state index contributed by atoms with van der Waals surface area (Å²) in [5.41, 5.74) is 0.247. The zero-order chi connectivity index (χ0) is 25.0. The molecule has 0 radical (unpaired) electrons. The van der Waals surface area contributed by atoms with E-state index in [9.17, 15) is 42.1 Å². The number of benzene rings is 2. The number of aliphatic hydroxyl groups excluding tert-OH is 2. The zero-order valence-electron chi connectivity index (χ0n) is 17.6. The molecule has 0 spiro atoms. The minimum absolute atomic E-state index is 0.0265. The van der Waals surface area contributed by atoms with E-state index in [1.165, 1.54) is 24.3 Å². The van der Waals surface area contributed by atoms with Crippen LogP contribution in [0.15, 0.2) is 48.5 Å². The minimum Gasteiger partial charge on any atom is -0.550 e. The number of rotatable bonds is 9. The van der Waals surface area contributed by atoms with E-state index in [1.54, 1.807) is 0 Å². The summed E-state index contributed by atoms with van der Waals surface area (Å²) < 4.78 is 69.4. The number of hydrogen-bond acceptors (Lipinski definition) is 5. The molecule has 0 amide bonds. The lowest BCUT2D eigenvalue weighted by atomic mass is 10.0. The van der Waals surface area contributed by atoms with Crippen LogP contribution in [0.25, 0.3) is 22.5 Å². The summed E-state index contributed by atoms with van der Waals surface area (Å²) in [4.78, 5) is 14.3. The van der Waals surface area contributed by atoms with Crippen molar-refractivity contribution in [2.75, 3.05) is 0 Å². The first-order valence-corrected chi connectivity index (χ1v) is 10.2. The number of imidazole rings is 1. The van der Waals surface area contributed by atoms with Crippen molar-refractivity contribution in [2.45, 2.75) is 44.2 Å². The molecule has 1 aromatic heterocycles. The Morgan fingerprint density at radius 2 is 1.47 bits per heavy atom. The number of nitrogens with zero attached hydrogens (tertiary/aromatic N) is 2. The van der Waals surface area contributed by atoms with E-state index in [4.69, 9.17) is 0 Å². The second kappa shape index (κ2) is 10.3. The number of hydrogen-bond donors (Lipinski definition) is 2. The number of carbonyl (C=O) groups excluding carboxylic acids is 1. The highest BCUT2D eigenvalue weighted by molar-refractivity contribution is 5.79. The van der Waals surface area contributed by atoms with E-state index in [2.05, 4.69) is 4.98 Å². The standard InChI is InChI=1S/C23H21F5N2O4/c24-15-5-1-13(2-6-15)20-21(14-3-7-16(25)8-4-14)30(22(29-20)23(26,27)28)10-9-17(31)11-18(32)12-19(33)34/h1-8,17-18,31-32H,9-12H2,(H,33,34)/p-1/t17-,18-/m1/s1. The third kappa shape index (κ3) is 6.17. The van der Waals surface area contributed by atoms with Gasteiger partial charge in [-0.2, -0.15) is 13.2 Å². The Balaban J connectivity index is 2.06. The van der Waals surface area contributed by atoms with Crippen molar-refractivity contribution < 1.29 is 42.1 Å². The summed E-state index contributed by atoms with van der Waals surface area (Å²) in [7, 11) is 0. The SMILES string of the molecule is O=C([O-])C[C@H](O)C[C@H](O)CCn1c(C(F)(F)F)nc(-c2ccc(F)cc2)c1-c1ccc(F)cc1. The molecule has 182 valence electrons. The van der Waals surface area contributed by atoms with Gasteiger partial charge in [0.25, 0.3) is 0 Å². The van der Waals surface area contributed by atoms with Gasteiger partial charge >= 0.3 is 6.18 Å². The molecular formula is C23H20F5N2O4-. The predicted molar refractivity (Wildman–Crippen MR) is 109 cm³/mol. The molecule has 0 aliphatic carbocycles. The molecule has 11 heteroatoms. The average molecular weight is 483 g/mol. The average Bonchev–Trinajstić information content (AvgIpc) is 3.12. The molecule has 0 fully saturated rings. The fourth-order valence-electron chi connectivity index (χ4n) is 3.58. The van der Waals surface area contributed by atoms with Gasteiger partial charge in [0.2, 0.25) is 5.82 Å². The van der Waals surface area contributed by atoms with Crippen LogP contribution >= 0.6 is 0 Å². The molecule has 2 atom stereocenters. The van der Waals surface area contributed by atoms with Crippen molar-refractivity contribution in [2.24, 2.45) is 0 Å². The highest BCUT2D eigenvalue weighted by atomic mass is 19.4. The monoisotopic (exact) mass is 483 g/mol. The highest BCUT2D eigenvalue weighted by Crippen LogP contribution is 2.39. The quantitative estimate of drug-likeness (QED) is 0.456. The Labute approximate surface area is 190 Å². The van der Waals surface area contributed by atoms with Gasteiger partial charge in [0, 0.05) is 30.1 Å². The Hall–Kier alpha value is -3.31. The van der Waals surface area contributed by atoms with E-state index >= 15 is 0 Å². The summed E-state index contributed by atoms with van der Waals surface area (Å²) in [6.45, 7) is -0.408. The molecule has 0 saturated carbocycles. The van der Waals surface area contributed by atoms with Crippen LogP contribution in [0.4, 0.5) is 22.0 Å². The molecule has 0 aliphatic heterocycles. The highest BCUT2D eigenvalue weighted by Gasteiger charge is 2.39. The summed E-state index contributed by atoms with van der Waals surface area (Å²) in [6.07, 6.45) is -9.05. The molecule has 3 rings (SSSR count).